The second-order valence-corrected chi connectivity index (χ2v) is 6.03. The van der Waals surface area contributed by atoms with Crippen LogP contribution in [0.25, 0.3) is 6.08 Å². The molecule has 3 rings (SSSR count). The van der Waals surface area contributed by atoms with Gasteiger partial charge in [0.15, 0.2) is 17.3 Å². The number of methoxy groups -OCH3 is 1. The molecule has 0 atom stereocenters. The maximum absolute atomic E-state index is 12.9. The fourth-order valence-electron chi connectivity index (χ4n) is 2.99. The highest BCUT2D eigenvalue weighted by atomic mass is 16.5. The molecule has 1 aliphatic heterocycles. The standard InChI is InChI=1S/C21H22O4/c1-5-24-17-9-8-15(11-18(17)23-4)10-16-12-25-21-14(3)7-6-13(2)19(21)20(16)22/h6-11H,5,12H2,1-4H3/b16-10+. The van der Waals surface area contributed by atoms with Crippen LogP contribution in [0.15, 0.2) is 35.9 Å². The van der Waals surface area contributed by atoms with Crippen LogP contribution in [0.3, 0.4) is 0 Å². The molecule has 0 aliphatic carbocycles. The van der Waals surface area contributed by atoms with E-state index in [0.29, 0.717) is 35.0 Å². The summed E-state index contributed by atoms with van der Waals surface area (Å²) in [6.07, 6.45) is 1.85. The summed E-state index contributed by atoms with van der Waals surface area (Å²) in [7, 11) is 1.60. The zero-order valence-electron chi connectivity index (χ0n) is 15.0. The molecule has 4 heteroatoms. The highest BCUT2D eigenvalue weighted by molar-refractivity contribution is 6.15. The minimum atomic E-state index is 0.0234. The molecule has 1 heterocycles. The minimum Gasteiger partial charge on any atom is -0.493 e. The lowest BCUT2D eigenvalue weighted by Gasteiger charge is -2.22. The van der Waals surface area contributed by atoms with Crippen LogP contribution >= 0.6 is 0 Å². The van der Waals surface area contributed by atoms with E-state index in [1.54, 1.807) is 7.11 Å². The first-order chi connectivity index (χ1) is 12.0. The van der Waals surface area contributed by atoms with Crippen molar-refractivity contribution < 1.29 is 19.0 Å². The number of aryl methyl sites for hydroxylation is 2. The van der Waals surface area contributed by atoms with Crippen LogP contribution in [0.5, 0.6) is 17.2 Å². The summed E-state index contributed by atoms with van der Waals surface area (Å²) in [5, 5.41) is 0. The van der Waals surface area contributed by atoms with Crippen molar-refractivity contribution in [3.8, 4) is 17.2 Å². The number of hydrogen-bond donors (Lipinski definition) is 0. The number of hydrogen-bond acceptors (Lipinski definition) is 4. The quantitative estimate of drug-likeness (QED) is 0.777. The monoisotopic (exact) mass is 338 g/mol. The molecular weight excluding hydrogens is 316 g/mol. The second kappa shape index (κ2) is 7.01. The molecule has 2 aromatic rings. The smallest absolute Gasteiger partial charge is 0.196 e. The molecule has 130 valence electrons. The number of ether oxygens (including phenoxy) is 3. The van der Waals surface area contributed by atoms with Crippen molar-refractivity contribution in [2.75, 3.05) is 20.3 Å². The number of carbonyl (C=O) groups is 1. The van der Waals surface area contributed by atoms with E-state index >= 15 is 0 Å². The first kappa shape index (κ1) is 17.1. The van der Waals surface area contributed by atoms with Crippen LogP contribution in [0, 0.1) is 13.8 Å². The van der Waals surface area contributed by atoms with E-state index in [4.69, 9.17) is 14.2 Å². The van der Waals surface area contributed by atoms with Gasteiger partial charge in [0, 0.05) is 5.57 Å². The van der Waals surface area contributed by atoms with Crippen LogP contribution in [-0.4, -0.2) is 26.1 Å². The van der Waals surface area contributed by atoms with Gasteiger partial charge in [-0.25, -0.2) is 0 Å². The second-order valence-electron chi connectivity index (χ2n) is 6.03. The summed E-state index contributed by atoms with van der Waals surface area (Å²) in [5.41, 5.74) is 4.08. The van der Waals surface area contributed by atoms with Gasteiger partial charge in [-0.1, -0.05) is 18.2 Å². The molecule has 2 aromatic carbocycles. The summed E-state index contributed by atoms with van der Waals surface area (Å²) in [6.45, 7) is 6.65. The third kappa shape index (κ3) is 3.25. The highest BCUT2D eigenvalue weighted by Crippen LogP contribution is 2.34. The fraction of sp³-hybridized carbons (Fsp3) is 0.286. The molecular formula is C21H22O4. The number of benzene rings is 2. The summed E-state index contributed by atoms with van der Waals surface area (Å²) >= 11 is 0. The number of ketones is 1. The minimum absolute atomic E-state index is 0.0234. The van der Waals surface area contributed by atoms with Crippen LogP contribution in [0.2, 0.25) is 0 Å². The van der Waals surface area contributed by atoms with Crippen molar-refractivity contribution in [3.05, 3.63) is 58.2 Å². The number of Topliss-reactive ketones (excluding diaryl/α,β-unsaturated/α-hetero) is 1. The third-order valence-corrected chi connectivity index (χ3v) is 4.28. The highest BCUT2D eigenvalue weighted by Gasteiger charge is 2.26. The number of rotatable bonds is 4. The fourth-order valence-corrected chi connectivity index (χ4v) is 2.99. The molecule has 0 N–H and O–H groups in total. The largest absolute Gasteiger partial charge is 0.493 e. The first-order valence-corrected chi connectivity index (χ1v) is 8.34. The molecule has 0 spiro atoms. The van der Waals surface area contributed by atoms with E-state index in [0.717, 1.165) is 16.7 Å². The van der Waals surface area contributed by atoms with Crippen LogP contribution in [-0.2, 0) is 0 Å². The Kier molecular flexibility index (Phi) is 4.79. The third-order valence-electron chi connectivity index (χ3n) is 4.28. The zero-order valence-corrected chi connectivity index (χ0v) is 15.0. The summed E-state index contributed by atoms with van der Waals surface area (Å²) in [4.78, 5) is 12.9. The van der Waals surface area contributed by atoms with Crippen molar-refractivity contribution in [2.45, 2.75) is 20.8 Å². The van der Waals surface area contributed by atoms with Gasteiger partial charge in [-0.15, -0.1) is 0 Å². The maximum atomic E-state index is 12.9. The van der Waals surface area contributed by atoms with Gasteiger partial charge in [-0.3, -0.25) is 4.79 Å². The molecule has 4 nitrogen and oxygen atoms in total. The Morgan fingerprint density at radius 1 is 1.12 bits per heavy atom. The molecule has 0 saturated carbocycles. The zero-order chi connectivity index (χ0) is 18.0. The van der Waals surface area contributed by atoms with Crippen molar-refractivity contribution in [3.63, 3.8) is 0 Å². The van der Waals surface area contributed by atoms with Gasteiger partial charge in [-0.05, 0) is 55.7 Å². The predicted octanol–water partition coefficient (Wildman–Crippen LogP) is 4.37. The van der Waals surface area contributed by atoms with Gasteiger partial charge < -0.3 is 14.2 Å². The molecule has 0 fully saturated rings. The van der Waals surface area contributed by atoms with E-state index in [1.807, 2.05) is 57.2 Å². The summed E-state index contributed by atoms with van der Waals surface area (Å²) in [6, 6.07) is 9.56. The van der Waals surface area contributed by atoms with Gasteiger partial charge in [0.25, 0.3) is 0 Å². The van der Waals surface area contributed by atoms with Crippen LogP contribution in [0.4, 0.5) is 0 Å². The van der Waals surface area contributed by atoms with E-state index in [-0.39, 0.29) is 12.4 Å². The molecule has 0 amide bonds. The normalized spacial score (nSPS) is 14.9. The number of carbonyl (C=O) groups excluding carboxylic acids is 1. The van der Waals surface area contributed by atoms with Crippen molar-refractivity contribution in [1.82, 2.24) is 0 Å². The molecule has 0 aromatic heterocycles. The topological polar surface area (TPSA) is 44.8 Å². The Hall–Kier alpha value is -2.75. The molecule has 0 saturated heterocycles. The lowest BCUT2D eigenvalue weighted by atomic mass is 9.93. The predicted molar refractivity (Wildman–Crippen MR) is 97.9 cm³/mol. The van der Waals surface area contributed by atoms with Gasteiger partial charge in [0.05, 0.1) is 19.3 Å². The lowest BCUT2D eigenvalue weighted by Crippen LogP contribution is -2.21. The average Bonchev–Trinajstić information content (AvgIpc) is 2.61. The van der Waals surface area contributed by atoms with Crippen molar-refractivity contribution >= 4 is 11.9 Å². The van der Waals surface area contributed by atoms with Crippen LogP contribution in [0.1, 0.15) is 34.0 Å². The van der Waals surface area contributed by atoms with Gasteiger partial charge in [0.1, 0.15) is 12.4 Å². The van der Waals surface area contributed by atoms with Gasteiger partial charge >= 0.3 is 0 Å². The Labute approximate surface area is 148 Å². The molecule has 1 aliphatic rings. The summed E-state index contributed by atoms with van der Waals surface area (Å²) in [5.74, 6) is 2.06. The molecule has 0 unspecified atom stereocenters. The van der Waals surface area contributed by atoms with Gasteiger partial charge in [0.2, 0.25) is 0 Å². The molecule has 0 bridgehead atoms. The van der Waals surface area contributed by atoms with E-state index in [9.17, 15) is 4.79 Å². The SMILES string of the molecule is CCOc1ccc(/C=C2\COc3c(C)ccc(C)c3C2=O)cc1OC. The first-order valence-electron chi connectivity index (χ1n) is 8.34. The maximum Gasteiger partial charge on any atom is 0.196 e. The Bertz CT molecular complexity index is 849. The summed E-state index contributed by atoms with van der Waals surface area (Å²) < 4.78 is 16.8. The van der Waals surface area contributed by atoms with E-state index in [2.05, 4.69) is 0 Å². The Balaban J connectivity index is 1.97. The lowest BCUT2D eigenvalue weighted by molar-refractivity contribution is 0.0999. The Morgan fingerprint density at radius 2 is 1.88 bits per heavy atom. The van der Waals surface area contributed by atoms with Crippen molar-refractivity contribution in [1.29, 1.82) is 0 Å². The number of fused-ring (bicyclic) bond motifs is 1. The van der Waals surface area contributed by atoms with E-state index < -0.39 is 0 Å². The Morgan fingerprint density at radius 3 is 2.60 bits per heavy atom. The average molecular weight is 338 g/mol. The molecule has 0 radical (unpaired) electrons. The van der Waals surface area contributed by atoms with Crippen LogP contribution < -0.4 is 14.2 Å². The van der Waals surface area contributed by atoms with Crippen molar-refractivity contribution in [2.24, 2.45) is 0 Å². The van der Waals surface area contributed by atoms with Gasteiger partial charge in [-0.2, -0.15) is 0 Å². The van der Waals surface area contributed by atoms with E-state index in [1.165, 1.54) is 0 Å². The molecule has 25 heavy (non-hydrogen) atoms.